The van der Waals surface area contributed by atoms with Crippen molar-refractivity contribution in [3.05, 3.63) is 0 Å². The number of halogens is 1. The first-order chi connectivity index (χ1) is 3.18. The fraction of sp³-hybridized carbons (Fsp3) is 0.800. The summed E-state index contributed by atoms with van der Waals surface area (Å²) in [6, 6.07) is 2.16. The van der Waals surface area contributed by atoms with E-state index in [1.165, 1.54) is 0 Å². The van der Waals surface area contributed by atoms with Crippen LogP contribution in [-0.2, 0) is 0 Å². The number of nitrogens with zero attached hydrogens (tertiary/aromatic N) is 1. The van der Waals surface area contributed by atoms with Crippen LogP contribution in [0.15, 0.2) is 0 Å². The van der Waals surface area contributed by atoms with E-state index in [0.717, 1.165) is 0 Å². The van der Waals surface area contributed by atoms with Gasteiger partial charge in [0.2, 0.25) is 0 Å². The highest BCUT2D eigenvalue weighted by Gasteiger charge is 2.04. The molecule has 7 heavy (non-hydrogen) atoms. The predicted octanol–water partition coefficient (Wildman–Crippen LogP) is 1.97. The van der Waals surface area contributed by atoms with Crippen LogP contribution >= 0.6 is 22.6 Å². The summed E-state index contributed by atoms with van der Waals surface area (Å²) in [5.74, 6) is 0.195. The van der Waals surface area contributed by atoms with Crippen LogP contribution in [0.2, 0.25) is 0 Å². The Labute approximate surface area is 57.9 Å². The zero-order chi connectivity index (χ0) is 5.86. The molecule has 2 unspecified atom stereocenters. The summed E-state index contributed by atoms with van der Waals surface area (Å²) in [5.41, 5.74) is 0. The minimum absolute atomic E-state index is 0.195. The summed E-state index contributed by atoms with van der Waals surface area (Å²) in [4.78, 5) is 0. The highest BCUT2D eigenvalue weighted by molar-refractivity contribution is 14.1. The molecule has 0 saturated carbocycles. The van der Waals surface area contributed by atoms with Gasteiger partial charge in [-0.1, -0.05) is 29.5 Å². The third-order valence-corrected chi connectivity index (χ3v) is 1.97. The Kier molecular flexibility index (Phi) is 3.35. The first-order valence-electron chi connectivity index (χ1n) is 2.22. The number of alkyl halides is 1. The van der Waals surface area contributed by atoms with Crippen LogP contribution in [0.5, 0.6) is 0 Å². The highest BCUT2D eigenvalue weighted by Crippen LogP contribution is 2.09. The average Bonchev–Trinajstić information content (AvgIpc) is 1.65. The van der Waals surface area contributed by atoms with Crippen LogP contribution in [0.3, 0.4) is 0 Å². The lowest BCUT2D eigenvalue weighted by Crippen LogP contribution is -2.01. The van der Waals surface area contributed by atoms with Crippen molar-refractivity contribution in [3.8, 4) is 6.07 Å². The van der Waals surface area contributed by atoms with Gasteiger partial charge in [-0.15, -0.1) is 0 Å². The molecule has 2 heteroatoms. The molecule has 0 radical (unpaired) electrons. The van der Waals surface area contributed by atoms with E-state index in [-0.39, 0.29) is 5.92 Å². The predicted molar refractivity (Wildman–Crippen MR) is 38.3 cm³/mol. The van der Waals surface area contributed by atoms with Gasteiger partial charge in [0.1, 0.15) is 0 Å². The molecule has 0 aliphatic rings. The molecule has 0 rings (SSSR count). The van der Waals surface area contributed by atoms with Crippen molar-refractivity contribution in [2.75, 3.05) is 0 Å². The Balaban J connectivity index is 3.40. The van der Waals surface area contributed by atoms with Gasteiger partial charge in [0.05, 0.1) is 12.0 Å². The van der Waals surface area contributed by atoms with Gasteiger partial charge in [-0.3, -0.25) is 0 Å². The molecule has 0 N–H and O–H groups in total. The fourth-order valence-corrected chi connectivity index (χ4v) is 0.264. The number of nitriles is 1. The zero-order valence-electron chi connectivity index (χ0n) is 4.48. The molecule has 0 spiro atoms. The number of hydrogen-bond donors (Lipinski definition) is 0. The van der Waals surface area contributed by atoms with Crippen LogP contribution in [0, 0.1) is 17.2 Å². The Bertz CT molecular complexity index is 82.6. The van der Waals surface area contributed by atoms with Gasteiger partial charge in [0.15, 0.2) is 0 Å². The SMILES string of the molecule is CC(I)C(C)C#N. The quantitative estimate of drug-likeness (QED) is 0.478. The van der Waals surface area contributed by atoms with Crippen molar-refractivity contribution in [1.82, 2.24) is 0 Å². The van der Waals surface area contributed by atoms with Crippen molar-refractivity contribution in [2.45, 2.75) is 17.8 Å². The smallest absolute Gasteiger partial charge is 0.0663 e. The minimum atomic E-state index is 0.195. The number of hydrogen-bond acceptors (Lipinski definition) is 1. The molecule has 0 aliphatic carbocycles. The highest BCUT2D eigenvalue weighted by atomic mass is 127. The van der Waals surface area contributed by atoms with E-state index < -0.39 is 0 Å². The topological polar surface area (TPSA) is 23.8 Å². The summed E-state index contributed by atoms with van der Waals surface area (Å²) >= 11 is 2.25. The second kappa shape index (κ2) is 3.25. The molecule has 0 aromatic heterocycles. The Hall–Kier alpha value is 0.220. The lowest BCUT2D eigenvalue weighted by Gasteiger charge is -2.00. The normalized spacial score (nSPS) is 17.4. The van der Waals surface area contributed by atoms with Crippen LogP contribution in [-0.4, -0.2) is 3.92 Å². The van der Waals surface area contributed by atoms with Crippen LogP contribution in [0.25, 0.3) is 0 Å². The second-order valence-corrected chi connectivity index (χ2v) is 3.56. The summed E-state index contributed by atoms with van der Waals surface area (Å²) in [5, 5.41) is 8.25. The largest absolute Gasteiger partial charge is 0.198 e. The molecule has 0 aromatic carbocycles. The fourth-order valence-electron chi connectivity index (χ4n) is 0.103. The zero-order valence-corrected chi connectivity index (χ0v) is 6.64. The number of rotatable bonds is 1. The summed E-state index contributed by atoms with van der Waals surface area (Å²) in [6.07, 6.45) is 0. The van der Waals surface area contributed by atoms with E-state index in [9.17, 15) is 0 Å². The van der Waals surface area contributed by atoms with Gasteiger partial charge in [0.25, 0.3) is 0 Å². The van der Waals surface area contributed by atoms with E-state index in [4.69, 9.17) is 5.26 Å². The molecule has 0 heterocycles. The maximum absolute atomic E-state index is 8.25. The van der Waals surface area contributed by atoms with Crippen molar-refractivity contribution in [3.63, 3.8) is 0 Å². The van der Waals surface area contributed by atoms with E-state index in [0.29, 0.717) is 3.92 Å². The molecule has 40 valence electrons. The van der Waals surface area contributed by atoms with Crippen molar-refractivity contribution in [1.29, 1.82) is 5.26 Å². The summed E-state index contributed by atoms with van der Waals surface area (Å²) in [7, 11) is 0. The van der Waals surface area contributed by atoms with Gasteiger partial charge < -0.3 is 0 Å². The molecule has 0 saturated heterocycles. The monoisotopic (exact) mass is 209 g/mol. The van der Waals surface area contributed by atoms with E-state index in [1.54, 1.807) is 0 Å². The second-order valence-electron chi connectivity index (χ2n) is 1.60. The Morgan fingerprint density at radius 3 is 2.00 bits per heavy atom. The maximum Gasteiger partial charge on any atom is 0.0663 e. The van der Waals surface area contributed by atoms with E-state index >= 15 is 0 Å². The third-order valence-electron chi connectivity index (χ3n) is 0.893. The first kappa shape index (κ1) is 7.22. The van der Waals surface area contributed by atoms with Crippen molar-refractivity contribution < 1.29 is 0 Å². The van der Waals surface area contributed by atoms with Crippen LogP contribution < -0.4 is 0 Å². The minimum Gasteiger partial charge on any atom is -0.198 e. The van der Waals surface area contributed by atoms with Crippen LogP contribution in [0.1, 0.15) is 13.8 Å². The molecule has 0 aliphatic heterocycles. The maximum atomic E-state index is 8.25. The van der Waals surface area contributed by atoms with E-state index in [1.807, 2.05) is 13.8 Å². The van der Waals surface area contributed by atoms with Crippen molar-refractivity contribution >= 4 is 22.6 Å². The van der Waals surface area contributed by atoms with Gasteiger partial charge in [-0.25, -0.2) is 0 Å². The Morgan fingerprint density at radius 2 is 2.00 bits per heavy atom. The molecule has 0 aromatic rings. The van der Waals surface area contributed by atoms with Gasteiger partial charge >= 0.3 is 0 Å². The Morgan fingerprint density at radius 1 is 1.57 bits per heavy atom. The molecule has 0 bridgehead atoms. The molecule has 1 nitrogen and oxygen atoms in total. The van der Waals surface area contributed by atoms with Gasteiger partial charge in [-0.05, 0) is 6.92 Å². The van der Waals surface area contributed by atoms with Crippen LogP contribution in [0.4, 0.5) is 0 Å². The third kappa shape index (κ3) is 2.86. The van der Waals surface area contributed by atoms with E-state index in [2.05, 4.69) is 28.7 Å². The van der Waals surface area contributed by atoms with Gasteiger partial charge in [-0.2, -0.15) is 5.26 Å². The summed E-state index contributed by atoms with van der Waals surface area (Å²) < 4.78 is 0.475. The molecule has 0 fully saturated rings. The molecular weight excluding hydrogens is 201 g/mol. The molecule has 2 atom stereocenters. The molecular formula is C5H8IN. The van der Waals surface area contributed by atoms with Crippen molar-refractivity contribution in [2.24, 2.45) is 5.92 Å². The standard InChI is InChI=1S/C5H8IN/c1-4(3-7)5(2)6/h4-5H,1-2H3. The lowest BCUT2D eigenvalue weighted by molar-refractivity contribution is 0.754. The average molecular weight is 209 g/mol. The first-order valence-corrected chi connectivity index (χ1v) is 3.46. The van der Waals surface area contributed by atoms with Gasteiger partial charge in [0, 0.05) is 3.92 Å². The lowest BCUT2D eigenvalue weighted by atomic mass is 10.2. The molecule has 0 amide bonds. The summed E-state index contributed by atoms with van der Waals surface area (Å²) in [6.45, 7) is 3.96.